The molecule has 3 amide bonds. The van der Waals surface area contributed by atoms with E-state index < -0.39 is 12.2 Å². The number of amides is 3. The normalized spacial score (nSPS) is 21.9. The topological polar surface area (TPSA) is 124 Å². The minimum atomic E-state index is -0.551. The van der Waals surface area contributed by atoms with Crippen LogP contribution in [-0.2, 0) is 14.3 Å². The fourth-order valence-electron chi connectivity index (χ4n) is 7.50. The van der Waals surface area contributed by atoms with E-state index in [1.54, 1.807) is 7.11 Å². The van der Waals surface area contributed by atoms with Crippen LogP contribution in [0.4, 0.5) is 15.3 Å². The van der Waals surface area contributed by atoms with Crippen molar-refractivity contribution in [2.45, 2.75) is 89.2 Å². The van der Waals surface area contributed by atoms with Gasteiger partial charge in [0.1, 0.15) is 18.5 Å². The summed E-state index contributed by atoms with van der Waals surface area (Å²) in [5, 5.41) is 9.59. The van der Waals surface area contributed by atoms with Crippen LogP contribution in [0.1, 0.15) is 87.3 Å². The van der Waals surface area contributed by atoms with Crippen LogP contribution in [0.15, 0.2) is 54.9 Å². The highest BCUT2D eigenvalue weighted by Gasteiger charge is 2.34. The highest BCUT2D eigenvalue weighted by atomic mass is 16.6. The van der Waals surface area contributed by atoms with Gasteiger partial charge in [0.2, 0.25) is 5.91 Å². The Balaban J connectivity index is 1.10. The number of carbonyl (C=O) groups is 3. The number of aromatic nitrogens is 2. The molecule has 11 heteroatoms. The van der Waals surface area contributed by atoms with Crippen LogP contribution in [0.3, 0.4) is 0 Å². The van der Waals surface area contributed by atoms with E-state index in [-0.39, 0.29) is 31.1 Å². The third-order valence-corrected chi connectivity index (χ3v) is 10.6. The van der Waals surface area contributed by atoms with Crippen molar-refractivity contribution in [1.82, 2.24) is 20.4 Å². The van der Waals surface area contributed by atoms with Gasteiger partial charge in [0.25, 0.3) is 0 Å². The maximum absolute atomic E-state index is 14.4. The van der Waals surface area contributed by atoms with Crippen molar-refractivity contribution in [3.63, 3.8) is 0 Å². The van der Waals surface area contributed by atoms with E-state index in [0.29, 0.717) is 50.1 Å². The van der Waals surface area contributed by atoms with Crippen LogP contribution < -0.4 is 20.3 Å². The first kappa shape index (κ1) is 35.3. The maximum atomic E-state index is 14.4. The van der Waals surface area contributed by atoms with Crippen molar-refractivity contribution in [3.05, 3.63) is 66.0 Å². The summed E-state index contributed by atoms with van der Waals surface area (Å²) < 4.78 is 18.1. The molecule has 3 fully saturated rings. The Labute approximate surface area is 295 Å². The lowest BCUT2D eigenvalue weighted by Gasteiger charge is -2.36. The van der Waals surface area contributed by atoms with E-state index >= 15 is 0 Å². The van der Waals surface area contributed by atoms with Gasteiger partial charge in [0.05, 0.1) is 25.9 Å². The molecule has 3 saturated carbocycles. The number of nitrogens with one attached hydrogen (secondary N) is 2. The molecule has 0 unspecified atom stereocenters. The number of alkyl carbamates (subject to hydrolysis) is 2. The van der Waals surface area contributed by atoms with Gasteiger partial charge in [-0.2, -0.15) is 5.10 Å². The lowest BCUT2D eigenvalue weighted by Crippen LogP contribution is -2.42. The van der Waals surface area contributed by atoms with E-state index in [0.717, 1.165) is 48.2 Å². The van der Waals surface area contributed by atoms with Crippen molar-refractivity contribution in [2.24, 2.45) is 11.8 Å². The summed E-state index contributed by atoms with van der Waals surface area (Å²) in [6.45, 7) is 3.01. The Bertz CT molecular complexity index is 1620. The van der Waals surface area contributed by atoms with Crippen LogP contribution in [0.25, 0.3) is 11.1 Å². The zero-order chi connectivity index (χ0) is 35.0. The first-order chi connectivity index (χ1) is 24.3. The number of aryl methyl sites for hydroxylation is 1. The molecule has 3 aliphatic rings. The van der Waals surface area contributed by atoms with Crippen molar-refractivity contribution >= 4 is 23.8 Å². The number of carbonyl (C=O) groups excluding carboxylic acids is 3. The number of anilines is 1. The van der Waals surface area contributed by atoms with E-state index in [1.807, 2.05) is 17.2 Å². The van der Waals surface area contributed by atoms with Crippen LogP contribution in [0.5, 0.6) is 5.75 Å². The van der Waals surface area contributed by atoms with E-state index in [2.05, 4.69) is 69.9 Å². The summed E-state index contributed by atoms with van der Waals surface area (Å²) in [4.78, 5) is 40.0. The smallest absolute Gasteiger partial charge is 0.407 e. The molecule has 3 aromatic rings. The third-order valence-electron chi connectivity index (χ3n) is 10.6. The molecule has 0 saturated heterocycles. The zero-order valence-corrected chi connectivity index (χ0v) is 29.6. The van der Waals surface area contributed by atoms with Gasteiger partial charge in [-0.15, -0.1) is 0 Å². The van der Waals surface area contributed by atoms with Crippen LogP contribution in [0.2, 0.25) is 0 Å². The second kappa shape index (κ2) is 16.4. The maximum Gasteiger partial charge on any atom is 0.407 e. The van der Waals surface area contributed by atoms with Gasteiger partial charge in [0.15, 0.2) is 0 Å². The average Bonchev–Trinajstić information content (AvgIpc) is 3.88. The second-order valence-electron chi connectivity index (χ2n) is 14.1. The molecule has 1 heterocycles. The molecule has 2 aromatic carbocycles. The summed E-state index contributed by atoms with van der Waals surface area (Å²) >= 11 is 0. The highest BCUT2D eigenvalue weighted by Crippen LogP contribution is 2.40. The Morgan fingerprint density at radius 1 is 0.920 bits per heavy atom. The molecule has 268 valence electrons. The lowest BCUT2D eigenvalue weighted by molar-refractivity contribution is -0.124. The van der Waals surface area contributed by atoms with E-state index in [4.69, 9.17) is 14.2 Å². The van der Waals surface area contributed by atoms with Gasteiger partial charge < -0.3 is 29.7 Å². The summed E-state index contributed by atoms with van der Waals surface area (Å²) in [6, 6.07) is 15.4. The molecule has 0 bridgehead atoms. The lowest BCUT2D eigenvalue weighted by atomic mass is 9.78. The summed E-state index contributed by atoms with van der Waals surface area (Å²) in [5.74, 6) is 1.86. The van der Waals surface area contributed by atoms with E-state index in [1.165, 1.54) is 31.0 Å². The molecule has 50 heavy (non-hydrogen) atoms. The van der Waals surface area contributed by atoms with Gasteiger partial charge in [-0.3, -0.25) is 9.48 Å². The Kier molecular flexibility index (Phi) is 11.6. The molecule has 0 aliphatic heterocycles. The molecular formula is C39H51N5O6. The molecule has 3 aliphatic carbocycles. The van der Waals surface area contributed by atoms with Gasteiger partial charge in [-0.25, -0.2) is 9.59 Å². The Morgan fingerprint density at radius 2 is 1.70 bits per heavy atom. The summed E-state index contributed by atoms with van der Waals surface area (Å²) in [7, 11) is 3.19. The van der Waals surface area contributed by atoms with Gasteiger partial charge in [-0.05, 0) is 118 Å². The standard InChI is InChI=1S/C39H51N5O6/c1-26-21-31(13-18-36(26)48-3)28-9-7-27(8-10-28)24-43(34-6-4-5-30(22-34)32-23-42-44(25-32)33-14-15-33)37(45)29-11-16-35(17-12-29)50-39(47)41-19-20-49-38(46)40-2/h4-6,13,18,21-23,25,27-29,33,35H,7-12,14-17,19-20,24H2,1-3H3,(H,40,46)(H,41,47)/t27-,28-,29-,35-. The number of nitrogens with zero attached hydrogens (tertiary/aromatic N) is 3. The monoisotopic (exact) mass is 685 g/mol. The summed E-state index contributed by atoms with van der Waals surface area (Å²) in [6.07, 6.45) is 12.0. The minimum Gasteiger partial charge on any atom is -0.496 e. The van der Waals surface area contributed by atoms with Crippen molar-refractivity contribution in [1.29, 1.82) is 0 Å². The number of ether oxygens (including phenoxy) is 3. The molecule has 0 spiro atoms. The summed E-state index contributed by atoms with van der Waals surface area (Å²) in [5.41, 5.74) is 5.60. The number of hydrogen-bond acceptors (Lipinski definition) is 7. The fourth-order valence-corrected chi connectivity index (χ4v) is 7.50. The fraction of sp³-hybridized carbons (Fsp3) is 0.538. The van der Waals surface area contributed by atoms with Gasteiger partial charge in [-0.1, -0.05) is 24.3 Å². The van der Waals surface area contributed by atoms with E-state index in [9.17, 15) is 14.4 Å². The van der Waals surface area contributed by atoms with Gasteiger partial charge >= 0.3 is 12.2 Å². The van der Waals surface area contributed by atoms with Crippen LogP contribution >= 0.6 is 0 Å². The van der Waals surface area contributed by atoms with Crippen LogP contribution in [-0.4, -0.2) is 67.8 Å². The zero-order valence-electron chi connectivity index (χ0n) is 29.6. The average molecular weight is 686 g/mol. The molecule has 2 N–H and O–H groups in total. The number of methoxy groups -OCH3 is 1. The molecule has 0 atom stereocenters. The highest BCUT2D eigenvalue weighted by molar-refractivity contribution is 5.95. The van der Waals surface area contributed by atoms with Crippen LogP contribution in [0, 0.1) is 18.8 Å². The quantitative estimate of drug-likeness (QED) is 0.194. The predicted molar refractivity (Wildman–Crippen MR) is 191 cm³/mol. The Hall–Kier alpha value is -4.54. The molecular weight excluding hydrogens is 634 g/mol. The Morgan fingerprint density at radius 3 is 2.40 bits per heavy atom. The van der Waals surface area contributed by atoms with Crippen molar-refractivity contribution in [2.75, 3.05) is 38.8 Å². The minimum absolute atomic E-state index is 0.0543. The largest absolute Gasteiger partial charge is 0.496 e. The van der Waals surface area contributed by atoms with Crippen molar-refractivity contribution < 1.29 is 28.6 Å². The third kappa shape index (κ3) is 8.97. The first-order valence-corrected chi connectivity index (χ1v) is 18.2. The molecule has 6 rings (SSSR count). The predicted octanol–water partition coefficient (Wildman–Crippen LogP) is 7.15. The first-order valence-electron chi connectivity index (χ1n) is 18.2. The molecule has 0 radical (unpaired) electrons. The number of hydrogen-bond donors (Lipinski definition) is 2. The molecule has 1 aromatic heterocycles. The SMILES string of the molecule is CNC(=O)OCCNC(=O)O[C@H]1CC[C@H](C(=O)N(C[C@H]2CC[C@H](c3ccc(OC)c(C)c3)CC2)c2cccc(-c3cnn(C4CC4)c3)c2)CC1. The number of rotatable bonds is 12. The number of benzene rings is 2. The van der Waals surface area contributed by atoms with Crippen molar-refractivity contribution in [3.8, 4) is 16.9 Å². The second-order valence-corrected chi connectivity index (χ2v) is 14.1. The van der Waals surface area contributed by atoms with Gasteiger partial charge in [0, 0.05) is 37.0 Å². The molecule has 11 nitrogen and oxygen atoms in total.